The van der Waals surface area contributed by atoms with Crippen LogP contribution in [0.3, 0.4) is 0 Å². The topological polar surface area (TPSA) is 52.7 Å². The molecule has 2 aliphatic heterocycles. The van der Waals surface area contributed by atoms with E-state index >= 15 is 0 Å². The van der Waals surface area contributed by atoms with Crippen LogP contribution in [-0.2, 0) is 9.59 Å². The van der Waals surface area contributed by atoms with Crippen LogP contribution in [0.25, 0.3) is 0 Å². The zero-order chi connectivity index (χ0) is 15.2. The summed E-state index contributed by atoms with van der Waals surface area (Å²) in [5.74, 6) is 0.314. The van der Waals surface area contributed by atoms with E-state index in [1.807, 2.05) is 0 Å². The maximum atomic E-state index is 12.5. The third-order valence-electron chi connectivity index (χ3n) is 4.61. The number of piperazine rings is 1. The molecule has 0 aliphatic carbocycles. The van der Waals surface area contributed by atoms with Gasteiger partial charge in [-0.25, -0.2) is 0 Å². The van der Waals surface area contributed by atoms with E-state index in [1.165, 1.54) is 0 Å². The Morgan fingerprint density at radius 1 is 1.29 bits per heavy atom. The van der Waals surface area contributed by atoms with Crippen molar-refractivity contribution in [3.63, 3.8) is 0 Å². The molecule has 0 saturated carbocycles. The summed E-state index contributed by atoms with van der Waals surface area (Å²) in [6.45, 7) is 7.09. The van der Waals surface area contributed by atoms with E-state index < -0.39 is 0 Å². The maximum Gasteiger partial charge on any atom is 0.245 e. The van der Waals surface area contributed by atoms with Gasteiger partial charge in [0, 0.05) is 19.1 Å². The molecule has 2 saturated heterocycles. The van der Waals surface area contributed by atoms with Gasteiger partial charge in [-0.15, -0.1) is 0 Å². The summed E-state index contributed by atoms with van der Waals surface area (Å²) in [4.78, 5) is 28.2. The molecule has 0 bridgehead atoms. The molecule has 2 rings (SSSR count). The Labute approximate surface area is 128 Å². The van der Waals surface area contributed by atoms with E-state index in [9.17, 15) is 9.59 Å². The molecule has 0 aromatic heterocycles. The van der Waals surface area contributed by atoms with E-state index in [1.54, 1.807) is 9.80 Å². The molecule has 1 N–H and O–H groups in total. The number of hydrogen-bond donors (Lipinski definition) is 1. The van der Waals surface area contributed by atoms with Crippen LogP contribution in [0.4, 0.5) is 0 Å². The lowest BCUT2D eigenvalue weighted by molar-refractivity contribution is -0.157. The minimum Gasteiger partial charge on any atom is -0.332 e. The summed E-state index contributed by atoms with van der Waals surface area (Å²) in [7, 11) is 0. The van der Waals surface area contributed by atoms with Crippen LogP contribution in [-0.4, -0.2) is 59.9 Å². The molecule has 2 fully saturated rings. The number of amides is 2. The molecular formula is C16H29N3O2. The van der Waals surface area contributed by atoms with Crippen molar-refractivity contribution in [3.05, 3.63) is 0 Å². The molecule has 2 atom stereocenters. The average molecular weight is 295 g/mol. The highest BCUT2D eigenvalue weighted by atomic mass is 16.2. The molecule has 0 radical (unpaired) electrons. The van der Waals surface area contributed by atoms with Gasteiger partial charge in [0.05, 0.1) is 6.54 Å². The molecule has 5 nitrogen and oxygen atoms in total. The minimum absolute atomic E-state index is 0.139. The van der Waals surface area contributed by atoms with Gasteiger partial charge < -0.3 is 15.1 Å². The van der Waals surface area contributed by atoms with Crippen molar-refractivity contribution in [2.45, 2.75) is 64.5 Å². The van der Waals surface area contributed by atoms with Crippen molar-refractivity contribution in [2.24, 2.45) is 0 Å². The first-order valence-electron chi connectivity index (χ1n) is 8.45. The molecule has 5 heteroatoms. The van der Waals surface area contributed by atoms with Gasteiger partial charge in [0.25, 0.3) is 0 Å². The smallest absolute Gasteiger partial charge is 0.245 e. The van der Waals surface area contributed by atoms with Crippen LogP contribution in [0.5, 0.6) is 0 Å². The monoisotopic (exact) mass is 295 g/mol. The highest BCUT2D eigenvalue weighted by molar-refractivity contribution is 5.95. The van der Waals surface area contributed by atoms with E-state index in [-0.39, 0.29) is 24.4 Å². The molecule has 0 aromatic carbocycles. The highest BCUT2D eigenvalue weighted by Gasteiger charge is 2.39. The van der Waals surface area contributed by atoms with Crippen molar-refractivity contribution >= 4 is 11.8 Å². The zero-order valence-electron chi connectivity index (χ0n) is 13.4. The molecule has 2 aliphatic rings. The Kier molecular flexibility index (Phi) is 6.03. The lowest BCUT2D eigenvalue weighted by Gasteiger charge is -2.42. The predicted molar refractivity (Wildman–Crippen MR) is 82.9 cm³/mol. The van der Waals surface area contributed by atoms with Gasteiger partial charge in [0.2, 0.25) is 11.8 Å². The lowest BCUT2D eigenvalue weighted by atomic mass is 9.98. The molecule has 2 amide bonds. The van der Waals surface area contributed by atoms with Gasteiger partial charge in [-0.3, -0.25) is 9.59 Å². The summed E-state index contributed by atoms with van der Waals surface area (Å²) >= 11 is 0. The SMILES string of the molecule is CCNC(C)CCCCN1CC(=O)N2CCCCC2C1=O. The summed E-state index contributed by atoms with van der Waals surface area (Å²) in [6, 6.07) is 0.364. The van der Waals surface area contributed by atoms with Crippen LogP contribution in [0.15, 0.2) is 0 Å². The summed E-state index contributed by atoms with van der Waals surface area (Å²) in [5.41, 5.74) is 0. The summed E-state index contributed by atoms with van der Waals surface area (Å²) in [5, 5.41) is 3.40. The molecule has 120 valence electrons. The number of carbonyl (C=O) groups is 2. The summed E-state index contributed by atoms with van der Waals surface area (Å²) in [6.07, 6.45) is 6.16. The number of fused-ring (bicyclic) bond motifs is 1. The minimum atomic E-state index is -0.166. The van der Waals surface area contributed by atoms with Crippen molar-refractivity contribution < 1.29 is 9.59 Å². The average Bonchev–Trinajstić information content (AvgIpc) is 2.49. The van der Waals surface area contributed by atoms with Crippen molar-refractivity contribution in [3.8, 4) is 0 Å². The van der Waals surface area contributed by atoms with Gasteiger partial charge in [0.1, 0.15) is 6.04 Å². The fraction of sp³-hybridized carbons (Fsp3) is 0.875. The normalized spacial score (nSPS) is 24.2. The first-order valence-corrected chi connectivity index (χ1v) is 8.45. The van der Waals surface area contributed by atoms with Crippen molar-refractivity contribution in [1.82, 2.24) is 15.1 Å². The van der Waals surface area contributed by atoms with Crippen LogP contribution in [0.1, 0.15) is 52.4 Å². The van der Waals surface area contributed by atoms with Gasteiger partial charge in [-0.2, -0.15) is 0 Å². The first kappa shape index (κ1) is 16.3. The van der Waals surface area contributed by atoms with E-state index in [0.717, 1.165) is 58.2 Å². The molecular weight excluding hydrogens is 266 g/mol. The van der Waals surface area contributed by atoms with E-state index in [0.29, 0.717) is 6.04 Å². The van der Waals surface area contributed by atoms with Gasteiger partial charge in [0.15, 0.2) is 0 Å². The molecule has 2 heterocycles. The Bertz CT molecular complexity index is 373. The zero-order valence-corrected chi connectivity index (χ0v) is 13.4. The Morgan fingerprint density at radius 3 is 2.86 bits per heavy atom. The number of nitrogens with one attached hydrogen (secondary N) is 1. The van der Waals surface area contributed by atoms with Crippen molar-refractivity contribution in [2.75, 3.05) is 26.2 Å². The number of nitrogens with zero attached hydrogens (tertiary/aromatic N) is 2. The van der Waals surface area contributed by atoms with E-state index in [2.05, 4.69) is 19.2 Å². The Balaban J connectivity index is 1.76. The van der Waals surface area contributed by atoms with Crippen LogP contribution in [0, 0.1) is 0 Å². The molecule has 2 unspecified atom stereocenters. The molecule has 0 spiro atoms. The van der Waals surface area contributed by atoms with Gasteiger partial charge >= 0.3 is 0 Å². The maximum absolute atomic E-state index is 12.5. The number of piperidine rings is 1. The number of unbranched alkanes of at least 4 members (excludes halogenated alkanes) is 1. The standard InChI is InChI=1S/C16H29N3O2/c1-3-17-13(2)8-4-6-10-18-12-15(20)19-11-7-5-9-14(19)16(18)21/h13-14,17H,3-12H2,1-2H3. The van der Waals surface area contributed by atoms with Crippen LogP contribution in [0.2, 0.25) is 0 Å². The number of hydrogen-bond acceptors (Lipinski definition) is 3. The largest absolute Gasteiger partial charge is 0.332 e. The lowest BCUT2D eigenvalue weighted by Crippen LogP contribution is -2.61. The highest BCUT2D eigenvalue weighted by Crippen LogP contribution is 2.23. The quantitative estimate of drug-likeness (QED) is 0.722. The Morgan fingerprint density at radius 2 is 2.10 bits per heavy atom. The number of rotatable bonds is 7. The second kappa shape index (κ2) is 7.78. The van der Waals surface area contributed by atoms with Gasteiger partial charge in [-0.05, 0) is 45.6 Å². The predicted octanol–water partition coefficient (Wildman–Crippen LogP) is 1.38. The third kappa shape index (κ3) is 4.19. The number of carbonyl (C=O) groups excluding carboxylic acids is 2. The van der Waals surface area contributed by atoms with Crippen LogP contribution < -0.4 is 5.32 Å². The fourth-order valence-corrected chi connectivity index (χ4v) is 3.42. The molecule has 0 aromatic rings. The second-order valence-electron chi connectivity index (χ2n) is 6.31. The molecule has 21 heavy (non-hydrogen) atoms. The van der Waals surface area contributed by atoms with Crippen LogP contribution >= 0.6 is 0 Å². The first-order chi connectivity index (χ1) is 10.1. The van der Waals surface area contributed by atoms with Gasteiger partial charge in [-0.1, -0.05) is 13.3 Å². The van der Waals surface area contributed by atoms with Crippen molar-refractivity contribution in [1.29, 1.82) is 0 Å². The second-order valence-corrected chi connectivity index (χ2v) is 6.31. The third-order valence-corrected chi connectivity index (χ3v) is 4.61. The van der Waals surface area contributed by atoms with E-state index in [4.69, 9.17) is 0 Å². The summed E-state index contributed by atoms with van der Waals surface area (Å²) < 4.78 is 0. The fourth-order valence-electron chi connectivity index (χ4n) is 3.42. The Hall–Kier alpha value is -1.10.